The van der Waals surface area contributed by atoms with Gasteiger partial charge in [-0.15, -0.1) is 0 Å². The van der Waals surface area contributed by atoms with Gasteiger partial charge >= 0.3 is 0 Å². The van der Waals surface area contributed by atoms with Gasteiger partial charge in [-0.25, -0.2) is 4.98 Å². The third kappa shape index (κ3) is 3.76. The fraction of sp³-hybridized carbons (Fsp3) is 0. The van der Waals surface area contributed by atoms with E-state index in [-0.39, 0.29) is 0 Å². The summed E-state index contributed by atoms with van der Waals surface area (Å²) in [5, 5.41) is 4.93. The number of hydrogen-bond acceptors (Lipinski definition) is 2. The summed E-state index contributed by atoms with van der Waals surface area (Å²) in [4.78, 5) is 9.10. The highest BCUT2D eigenvalue weighted by Gasteiger charge is 1.99. The molecule has 0 bridgehead atoms. The third-order valence-electron chi connectivity index (χ3n) is 5.19. The minimum absolute atomic E-state index is 0.836. The monoisotopic (exact) mass is 384 g/mol. The predicted octanol–water partition coefficient (Wildman–Crippen LogP) is 7.12. The molecule has 1 heterocycles. The zero-order valence-electron chi connectivity index (χ0n) is 16.4. The number of rotatable bonds is 4. The summed E-state index contributed by atoms with van der Waals surface area (Å²) in [6.07, 6.45) is 11.8. The average molecular weight is 384 g/mol. The molecule has 0 saturated heterocycles. The summed E-state index contributed by atoms with van der Waals surface area (Å²) in [5.41, 5.74) is 4.02. The van der Waals surface area contributed by atoms with Gasteiger partial charge in [-0.2, -0.15) is 0 Å². The first-order chi connectivity index (χ1) is 14.9. The second-order valence-corrected chi connectivity index (χ2v) is 7.17. The average Bonchev–Trinajstić information content (AvgIpc) is 2.81. The molecular weight excluding hydrogens is 364 g/mol. The zero-order valence-corrected chi connectivity index (χ0v) is 16.4. The van der Waals surface area contributed by atoms with E-state index >= 15 is 0 Å². The van der Waals surface area contributed by atoms with Crippen LogP contribution in [0.25, 0.3) is 45.8 Å². The largest absolute Gasteiger partial charge is 0.260 e. The molecule has 0 unspecified atom stereocenters. The molecule has 0 aliphatic carbocycles. The van der Waals surface area contributed by atoms with Crippen LogP contribution in [0.1, 0.15) is 22.5 Å². The standard InChI is InChI=1S/C28H20N2/c1-3-13-27-21(7-1)9-5-11-23(27)15-17-25-19-29-20-26(30-25)18-16-24-12-6-10-22-8-2-4-14-28(22)24/h1-20H. The highest BCUT2D eigenvalue weighted by atomic mass is 14.8. The van der Waals surface area contributed by atoms with Crippen molar-refractivity contribution < 1.29 is 0 Å². The Kier molecular flexibility index (Phi) is 4.89. The van der Waals surface area contributed by atoms with Gasteiger partial charge in [0.15, 0.2) is 0 Å². The van der Waals surface area contributed by atoms with Crippen molar-refractivity contribution in [1.82, 2.24) is 9.97 Å². The van der Waals surface area contributed by atoms with Gasteiger partial charge in [-0.3, -0.25) is 4.98 Å². The zero-order chi connectivity index (χ0) is 20.2. The van der Waals surface area contributed by atoms with Crippen molar-refractivity contribution in [2.24, 2.45) is 0 Å². The van der Waals surface area contributed by atoms with Crippen molar-refractivity contribution in [2.75, 3.05) is 0 Å². The van der Waals surface area contributed by atoms with Crippen LogP contribution in [0, 0.1) is 0 Å². The summed E-state index contributed by atoms with van der Waals surface area (Å²) in [5.74, 6) is 0. The van der Waals surface area contributed by atoms with Crippen LogP contribution in [0.2, 0.25) is 0 Å². The van der Waals surface area contributed by atoms with Gasteiger partial charge in [0.25, 0.3) is 0 Å². The number of nitrogens with zero attached hydrogens (tertiary/aromatic N) is 2. The molecule has 30 heavy (non-hydrogen) atoms. The number of aromatic nitrogens is 2. The first-order valence-electron chi connectivity index (χ1n) is 10.0. The Labute approximate surface area is 175 Å². The predicted molar refractivity (Wildman–Crippen MR) is 128 cm³/mol. The second kappa shape index (κ2) is 8.14. The fourth-order valence-corrected chi connectivity index (χ4v) is 3.70. The molecule has 5 aromatic rings. The molecule has 0 aliphatic rings. The number of fused-ring (bicyclic) bond motifs is 2. The van der Waals surface area contributed by atoms with Gasteiger partial charge < -0.3 is 0 Å². The molecule has 1 aromatic heterocycles. The van der Waals surface area contributed by atoms with Crippen LogP contribution in [0.3, 0.4) is 0 Å². The maximum absolute atomic E-state index is 4.73. The van der Waals surface area contributed by atoms with Crippen molar-refractivity contribution in [2.45, 2.75) is 0 Å². The number of benzene rings is 4. The molecule has 5 rings (SSSR count). The van der Waals surface area contributed by atoms with E-state index in [9.17, 15) is 0 Å². The van der Waals surface area contributed by atoms with Gasteiger partial charge in [0.2, 0.25) is 0 Å². The molecule has 0 fully saturated rings. The molecule has 0 radical (unpaired) electrons. The first-order valence-corrected chi connectivity index (χ1v) is 10.0. The van der Waals surface area contributed by atoms with E-state index in [4.69, 9.17) is 4.98 Å². The topological polar surface area (TPSA) is 25.8 Å². The van der Waals surface area contributed by atoms with Crippen LogP contribution in [0.5, 0.6) is 0 Å². The third-order valence-corrected chi connectivity index (χ3v) is 5.19. The Morgan fingerprint density at radius 1 is 0.467 bits per heavy atom. The van der Waals surface area contributed by atoms with Gasteiger partial charge in [-0.05, 0) is 44.8 Å². The van der Waals surface area contributed by atoms with Crippen LogP contribution in [-0.4, -0.2) is 9.97 Å². The quantitative estimate of drug-likeness (QED) is 0.329. The van der Waals surface area contributed by atoms with Crippen LogP contribution in [-0.2, 0) is 0 Å². The molecule has 2 nitrogen and oxygen atoms in total. The number of hydrogen-bond donors (Lipinski definition) is 0. The molecule has 0 amide bonds. The normalized spacial score (nSPS) is 11.7. The Hall–Kier alpha value is -4.04. The molecule has 142 valence electrons. The lowest BCUT2D eigenvalue weighted by Gasteiger charge is -2.02. The highest BCUT2D eigenvalue weighted by molar-refractivity contribution is 5.93. The maximum Gasteiger partial charge on any atom is 0.0820 e. The van der Waals surface area contributed by atoms with Gasteiger partial charge in [-0.1, -0.05) is 97.1 Å². The van der Waals surface area contributed by atoms with Gasteiger partial charge in [0, 0.05) is 0 Å². The lowest BCUT2D eigenvalue weighted by molar-refractivity contribution is 1.16. The van der Waals surface area contributed by atoms with Gasteiger partial charge in [0.05, 0.1) is 23.8 Å². The van der Waals surface area contributed by atoms with Crippen LogP contribution >= 0.6 is 0 Å². The Morgan fingerprint density at radius 3 is 1.47 bits per heavy atom. The van der Waals surface area contributed by atoms with Crippen molar-refractivity contribution >= 4 is 45.8 Å². The highest BCUT2D eigenvalue weighted by Crippen LogP contribution is 2.22. The van der Waals surface area contributed by atoms with E-state index in [0.717, 1.165) is 11.4 Å². The van der Waals surface area contributed by atoms with Crippen LogP contribution in [0.4, 0.5) is 0 Å². The van der Waals surface area contributed by atoms with E-state index in [1.165, 1.54) is 32.7 Å². The summed E-state index contributed by atoms with van der Waals surface area (Å²) >= 11 is 0. The van der Waals surface area contributed by atoms with Crippen molar-refractivity contribution in [3.8, 4) is 0 Å². The molecule has 0 atom stereocenters. The summed E-state index contributed by atoms with van der Waals surface area (Å²) in [6.45, 7) is 0. The SMILES string of the molecule is C(=Cc1cccc2ccccc12)c1cncc(C=Cc2cccc3ccccc23)n1. The lowest BCUT2D eigenvalue weighted by atomic mass is 10.0. The van der Waals surface area contributed by atoms with E-state index in [1.807, 2.05) is 12.2 Å². The minimum Gasteiger partial charge on any atom is -0.260 e. The van der Waals surface area contributed by atoms with Crippen LogP contribution < -0.4 is 0 Å². The lowest BCUT2D eigenvalue weighted by Crippen LogP contribution is -1.88. The van der Waals surface area contributed by atoms with Gasteiger partial charge in [0.1, 0.15) is 0 Å². The van der Waals surface area contributed by atoms with Crippen molar-refractivity contribution in [3.05, 3.63) is 120 Å². The minimum atomic E-state index is 0.836. The van der Waals surface area contributed by atoms with Crippen molar-refractivity contribution in [3.63, 3.8) is 0 Å². The summed E-state index contributed by atoms with van der Waals surface area (Å²) < 4.78 is 0. The molecule has 0 N–H and O–H groups in total. The summed E-state index contributed by atoms with van der Waals surface area (Å²) in [7, 11) is 0. The van der Waals surface area contributed by atoms with Crippen molar-refractivity contribution in [1.29, 1.82) is 0 Å². The Bertz CT molecular complexity index is 1280. The molecule has 0 spiro atoms. The fourth-order valence-electron chi connectivity index (χ4n) is 3.70. The Morgan fingerprint density at radius 2 is 0.933 bits per heavy atom. The molecule has 0 saturated carbocycles. The molecule has 2 heteroatoms. The summed E-state index contributed by atoms with van der Waals surface area (Å²) in [6, 6.07) is 29.5. The molecule has 0 aliphatic heterocycles. The maximum atomic E-state index is 4.73. The second-order valence-electron chi connectivity index (χ2n) is 7.17. The first kappa shape index (κ1) is 18.0. The van der Waals surface area contributed by atoms with E-state index < -0.39 is 0 Å². The molecule has 4 aromatic carbocycles. The Balaban J connectivity index is 1.43. The smallest absolute Gasteiger partial charge is 0.0820 e. The van der Waals surface area contributed by atoms with E-state index in [0.29, 0.717) is 0 Å². The van der Waals surface area contributed by atoms with E-state index in [1.54, 1.807) is 12.4 Å². The van der Waals surface area contributed by atoms with Crippen LogP contribution in [0.15, 0.2) is 97.3 Å². The molecular formula is C28H20N2. The van der Waals surface area contributed by atoms with E-state index in [2.05, 4.69) is 102 Å².